The smallest absolute Gasteiger partial charge is 0.253 e. The second-order valence-electron chi connectivity index (χ2n) is 5.74. The number of carbonyl (C=O) groups is 1. The van der Waals surface area contributed by atoms with Crippen molar-refractivity contribution >= 4 is 40.0 Å². The van der Waals surface area contributed by atoms with Gasteiger partial charge in [-0.2, -0.15) is 0 Å². The van der Waals surface area contributed by atoms with Gasteiger partial charge in [-0.3, -0.25) is 9.59 Å². The molecule has 6 heteroatoms. The third-order valence-electron chi connectivity index (χ3n) is 3.93. The molecule has 4 nitrogen and oxygen atoms in total. The fraction of sp³-hybridized carbons (Fsp3) is 0.158. The van der Waals surface area contributed by atoms with Crippen LogP contribution in [-0.2, 0) is 17.8 Å². The van der Waals surface area contributed by atoms with Crippen molar-refractivity contribution < 1.29 is 4.79 Å². The third-order valence-corrected chi connectivity index (χ3v) is 4.67. The lowest BCUT2D eigenvalue weighted by atomic mass is 10.1. The maximum absolute atomic E-state index is 12.1. The Balaban J connectivity index is 1.59. The molecule has 1 heterocycles. The first-order valence-corrected chi connectivity index (χ1v) is 8.60. The molecule has 0 saturated heterocycles. The summed E-state index contributed by atoms with van der Waals surface area (Å²) in [6.07, 6.45) is 0.861. The highest BCUT2D eigenvalue weighted by atomic mass is 35.5. The fourth-order valence-corrected chi connectivity index (χ4v) is 2.88. The van der Waals surface area contributed by atoms with Crippen LogP contribution in [0.1, 0.15) is 17.5 Å². The molecule has 0 radical (unpaired) electrons. The highest BCUT2D eigenvalue weighted by Gasteiger charge is 2.07. The Bertz CT molecular complexity index is 983. The van der Waals surface area contributed by atoms with Gasteiger partial charge in [0, 0.05) is 24.0 Å². The van der Waals surface area contributed by atoms with Gasteiger partial charge in [0.25, 0.3) is 5.56 Å². The van der Waals surface area contributed by atoms with E-state index in [0.717, 1.165) is 16.5 Å². The number of H-pyrrole nitrogens is 1. The van der Waals surface area contributed by atoms with E-state index in [1.165, 1.54) is 0 Å². The van der Waals surface area contributed by atoms with Crippen molar-refractivity contribution in [3.8, 4) is 0 Å². The van der Waals surface area contributed by atoms with E-state index in [2.05, 4.69) is 10.3 Å². The van der Waals surface area contributed by atoms with Gasteiger partial charge >= 0.3 is 0 Å². The first-order chi connectivity index (χ1) is 12.0. The number of nitrogens with one attached hydrogen (secondary N) is 2. The van der Waals surface area contributed by atoms with Gasteiger partial charge in [-0.05, 0) is 41.6 Å². The van der Waals surface area contributed by atoms with Crippen LogP contribution < -0.4 is 10.9 Å². The molecule has 0 bridgehead atoms. The molecule has 25 heavy (non-hydrogen) atoms. The molecule has 0 unspecified atom stereocenters. The van der Waals surface area contributed by atoms with Crippen LogP contribution in [0.15, 0.2) is 53.3 Å². The number of para-hydroxylation sites is 1. The van der Waals surface area contributed by atoms with Crippen LogP contribution in [0.2, 0.25) is 10.0 Å². The minimum absolute atomic E-state index is 0.126. The van der Waals surface area contributed by atoms with E-state index in [4.69, 9.17) is 23.2 Å². The molecule has 0 atom stereocenters. The van der Waals surface area contributed by atoms with Crippen LogP contribution in [0.4, 0.5) is 0 Å². The van der Waals surface area contributed by atoms with Crippen molar-refractivity contribution in [3.63, 3.8) is 0 Å². The zero-order valence-electron chi connectivity index (χ0n) is 13.3. The number of halogens is 2. The second-order valence-corrected chi connectivity index (χ2v) is 6.55. The summed E-state index contributed by atoms with van der Waals surface area (Å²) >= 11 is 11.8. The molecule has 0 spiro atoms. The van der Waals surface area contributed by atoms with E-state index >= 15 is 0 Å². The second kappa shape index (κ2) is 7.72. The highest BCUT2D eigenvalue weighted by Crippen LogP contribution is 2.23. The maximum Gasteiger partial charge on any atom is 0.253 e. The van der Waals surface area contributed by atoms with Gasteiger partial charge in [0.15, 0.2) is 0 Å². The number of aromatic amines is 1. The summed E-state index contributed by atoms with van der Waals surface area (Å²) in [5, 5.41) is 4.68. The Morgan fingerprint density at radius 3 is 2.64 bits per heavy atom. The van der Waals surface area contributed by atoms with E-state index < -0.39 is 0 Å². The molecule has 3 aromatic rings. The normalized spacial score (nSPS) is 10.8. The van der Waals surface area contributed by atoms with Crippen LogP contribution in [0.25, 0.3) is 10.9 Å². The number of rotatable bonds is 5. The first-order valence-electron chi connectivity index (χ1n) is 7.84. The average molecular weight is 375 g/mol. The van der Waals surface area contributed by atoms with Crippen LogP contribution >= 0.6 is 23.2 Å². The van der Waals surface area contributed by atoms with Gasteiger partial charge < -0.3 is 10.3 Å². The minimum atomic E-state index is -0.191. The van der Waals surface area contributed by atoms with E-state index in [0.29, 0.717) is 28.5 Å². The monoisotopic (exact) mass is 374 g/mol. The van der Waals surface area contributed by atoms with Crippen molar-refractivity contribution in [2.45, 2.75) is 19.4 Å². The van der Waals surface area contributed by atoms with Gasteiger partial charge in [0.2, 0.25) is 5.91 Å². The number of aromatic nitrogens is 1. The van der Waals surface area contributed by atoms with Crippen LogP contribution in [0.5, 0.6) is 0 Å². The number of pyridine rings is 1. The molecule has 0 aliphatic heterocycles. The SMILES string of the molecule is O=C(CCc1ccc(Cl)c(Cl)c1)NCc1cc2ccccc2[nH]c1=O. The summed E-state index contributed by atoms with van der Waals surface area (Å²) in [5.41, 5.74) is 2.06. The molecule has 0 fully saturated rings. The van der Waals surface area contributed by atoms with Crippen molar-refractivity contribution in [1.82, 2.24) is 10.3 Å². The number of carbonyl (C=O) groups excluding carboxylic acids is 1. The Kier molecular flexibility index (Phi) is 5.41. The fourth-order valence-electron chi connectivity index (χ4n) is 2.56. The van der Waals surface area contributed by atoms with Gasteiger partial charge in [-0.15, -0.1) is 0 Å². The van der Waals surface area contributed by atoms with E-state index in [1.54, 1.807) is 18.2 Å². The molecule has 128 valence electrons. The number of aryl methyl sites for hydroxylation is 1. The Labute approximate surface area is 154 Å². The topological polar surface area (TPSA) is 62.0 Å². The Hall–Kier alpha value is -2.30. The molecule has 1 aromatic heterocycles. The standard InChI is InChI=1S/C19H16Cl2N2O2/c20-15-7-5-12(9-16(15)21)6-8-18(24)22-11-14-10-13-3-1-2-4-17(13)23-19(14)25/h1-5,7,9-10H,6,8,11H2,(H,22,24)(H,23,25). The zero-order chi connectivity index (χ0) is 17.8. The molecule has 0 aliphatic carbocycles. The van der Waals surface area contributed by atoms with Crippen molar-refractivity contribution in [1.29, 1.82) is 0 Å². The summed E-state index contributed by atoms with van der Waals surface area (Å²) in [6.45, 7) is 0.195. The molecule has 1 amide bonds. The Morgan fingerprint density at radius 1 is 1.04 bits per heavy atom. The third kappa shape index (κ3) is 4.41. The van der Waals surface area contributed by atoms with Crippen molar-refractivity contribution in [2.75, 3.05) is 0 Å². The lowest BCUT2D eigenvalue weighted by molar-refractivity contribution is -0.121. The predicted octanol–water partition coefficient (Wildman–Crippen LogP) is 4.08. The molecular weight excluding hydrogens is 359 g/mol. The van der Waals surface area contributed by atoms with Gasteiger partial charge in [0.1, 0.15) is 0 Å². The molecule has 0 saturated carbocycles. The molecule has 2 N–H and O–H groups in total. The molecule has 3 rings (SSSR count). The zero-order valence-corrected chi connectivity index (χ0v) is 14.8. The summed E-state index contributed by atoms with van der Waals surface area (Å²) in [6, 6.07) is 14.6. The number of hydrogen-bond acceptors (Lipinski definition) is 2. The van der Waals surface area contributed by atoms with Crippen LogP contribution in [-0.4, -0.2) is 10.9 Å². The summed E-state index contributed by atoms with van der Waals surface area (Å²) in [7, 11) is 0. The van der Waals surface area contributed by atoms with Crippen LogP contribution in [0, 0.1) is 0 Å². The van der Waals surface area contributed by atoms with Crippen molar-refractivity contribution in [3.05, 3.63) is 80.1 Å². The molecule has 2 aromatic carbocycles. The van der Waals surface area contributed by atoms with E-state index in [9.17, 15) is 9.59 Å². The number of benzene rings is 2. The predicted molar refractivity (Wildman–Crippen MR) is 101 cm³/mol. The first kappa shape index (κ1) is 17.5. The highest BCUT2D eigenvalue weighted by molar-refractivity contribution is 6.42. The number of fused-ring (bicyclic) bond motifs is 1. The summed E-state index contributed by atoms with van der Waals surface area (Å²) < 4.78 is 0. The number of amides is 1. The van der Waals surface area contributed by atoms with Crippen molar-refractivity contribution in [2.24, 2.45) is 0 Å². The largest absolute Gasteiger partial charge is 0.352 e. The molecular formula is C19H16Cl2N2O2. The average Bonchev–Trinajstić information content (AvgIpc) is 2.61. The van der Waals surface area contributed by atoms with Gasteiger partial charge in [-0.1, -0.05) is 47.5 Å². The van der Waals surface area contributed by atoms with Gasteiger partial charge in [-0.25, -0.2) is 0 Å². The Morgan fingerprint density at radius 2 is 1.84 bits per heavy atom. The number of hydrogen-bond donors (Lipinski definition) is 2. The lowest BCUT2D eigenvalue weighted by Crippen LogP contribution is -2.26. The van der Waals surface area contributed by atoms with E-state index in [1.807, 2.05) is 30.3 Å². The summed E-state index contributed by atoms with van der Waals surface area (Å²) in [5.74, 6) is -0.126. The quantitative estimate of drug-likeness (QED) is 0.706. The van der Waals surface area contributed by atoms with Gasteiger partial charge in [0.05, 0.1) is 10.0 Å². The molecule has 0 aliphatic rings. The lowest BCUT2D eigenvalue weighted by Gasteiger charge is -2.07. The van der Waals surface area contributed by atoms with Crippen LogP contribution in [0.3, 0.4) is 0 Å². The minimum Gasteiger partial charge on any atom is -0.352 e. The maximum atomic E-state index is 12.1. The van der Waals surface area contributed by atoms with E-state index in [-0.39, 0.29) is 18.0 Å². The summed E-state index contributed by atoms with van der Waals surface area (Å²) in [4.78, 5) is 26.9.